The molecule has 3 N–H and O–H groups in total. The number of hydrogen-bond acceptors (Lipinski definition) is 4. The zero-order chi connectivity index (χ0) is 18.4. The van der Waals surface area contributed by atoms with Crippen molar-refractivity contribution in [3.63, 3.8) is 0 Å². The van der Waals surface area contributed by atoms with Gasteiger partial charge in [0.05, 0.1) is 0 Å². The highest BCUT2D eigenvalue weighted by atomic mass is 35.5. The first kappa shape index (κ1) is 21.5. The molecule has 0 bridgehead atoms. The van der Waals surface area contributed by atoms with Crippen LogP contribution in [0.4, 0.5) is 5.69 Å². The third-order valence-corrected chi connectivity index (χ3v) is 3.82. The molecule has 0 radical (unpaired) electrons. The molecule has 0 aliphatic rings. The summed E-state index contributed by atoms with van der Waals surface area (Å²) in [4.78, 5) is 25.5. The third-order valence-electron chi connectivity index (χ3n) is 3.82. The molecule has 0 saturated carbocycles. The van der Waals surface area contributed by atoms with Gasteiger partial charge in [0.1, 0.15) is 11.3 Å². The Bertz CT molecular complexity index is 731. The van der Waals surface area contributed by atoms with Crippen molar-refractivity contribution in [2.45, 2.75) is 12.5 Å². The molecule has 1 atom stereocenters. The number of amides is 2. The average molecular weight is 378 g/mol. The fourth-order valence-corrected chi connectivity index (χ4v) is 2.09. The largest absolute Gasteiger partial charge is 0.484 e. The van der Waals surface area contributed by atoms with Crippen LogP contribution in [0.15, 0.2) is 54.6 Å². The van der Waals surface area contributed by atoms with E-state index in [1.165, 1.54) is 4.90 Å². The predicted molar refractivity (Wildman–Crippen MR) is 104 cm³/mol. The fourth-order valence-electron chi connectivity index (χ4n) is 2.09. The Labute approximate surface area is 159 Å². The quantitative estimate of drug-likeness (QED) is 0.809. The van der Waals surface area contributed by atoms with Crippen LogP contribution < -0.4 is 15.8 Å². The number of likely N-dealkylation sites (N-methyl/N-ethyl adjacent to an activating group) is 1. The van der Waals surface area contributed by atoms with Crippen LogP contribution in [0.25, 0.3) is 0 Å². The maximum absolute atomic E-state index is 12.5. The number of benzene rings is 2. The minimum Gasteiger partial charge on any atom is -0.484 e. The second-order valence-electron chi connectivity index (χ2n) is 6.12. The molecule has 0 fully saturated rings. The number of carbonyl (C=O) groups is 2. The van der Waals surface area contributed by atoms with Crippen LogP contribution in [0.5, 0.6) is 5.75 Å². The van der Waals surface area contributed by atoms with E-state index in [2.05, 4.69) is 5.32 Å². The van der Waals surface area contributed by atoms with Crippen molar-refractivity contribution in [2.24, 2.45) is 5.73 Å². The number of rotatable bonds is 6. The first-order chi connectivity index (χ1) is 11.8. The Hall–Kier alpha value is -2.57. The number of carbonyl (C=O) groups excluding carboxylic acids is 2. The summed E-state index contributed by atoms with van der Waals surface area (Å²) in [5.41, 5.74) is 6.38. The topological polar surface area (TPSA) is 84.7 Å². The standard InChI is InChI=1S/C19H23N3O3.ClH/c1-19(20,14-7-5-4-6-8-14)18(24)21-15-9-11-16(12-10-15)25-13-17(23)22(2)3;/h4-12H,13,20H2,1-3H3,(H,21,24);1H. The van der Waals surface area contributed by atoms with Crippen molar-refractivity contribution < 1.29 is 14.3 Å². The van der Waals surface area contributed by atoms with Gasteiger partial charge >= 0.3 is 0 Å². The van der Waals surface area contributed by atoms with E-state index in [9.17, 15) is 9.59 Å². The van der Waals surface area contributed by atoms with Crippen molar-refractivity contribution in [2.75, 3.05) is 26.0 Å². The summed E-state index contributed by atoms with van der Waals surface area (Å²) in [6, 6.07) is 16.0. The van der Waals surface area contributed by atoms with Gasteiger partial charge in [-0.1, -0.05) is 30.3 Å². The van der Waals surface area contributed by atoms with Crippen LogP contribution in [-0.4, -0.2) is 37.4 Å². The van der Waals surface area contributed by atoms with Gasteiger partial charge in [0.15, 0.2) is 6.61 Å². The van der Waals surface area contributed by atoms with E-state index >= 15 is 0 Å². The zero-order valence-corrected chi connectivity index (χ0v) is 15.9. The Morgan fingerprint density at radius 1 is 1.08 bits per heavy atom. The van der Waals surface area contributed by atoms with Gasteiger partial charge in [0.2, 0.25) is 5.91 Å². The Morgan fingerprint density at radius 2 is 1.65 bits per heavy atom. The van der Waals surface area contributed by atoms with Gasteiger partial charge in [-0.2, -0.15) is 0 Å². The minimum atomic E-state index is -1.14. The number of ether oxygens (including phenoxy) is 1. The van der Waals surface area contributed by atoms with Gasteiger partial charge in [-0.3, -0.25) is 9.59 Å². The Balaban J connectivity index is 0.00000338. The molecule has 0 aliphatic carbocycles. The SMILES string of the molecule is CN(C)C(=O)COc1ccc(NC(=O)C(C)(N)c2ccccc2)cc1.Cl. The van der Waals surface area contributed by atoms with Gasteiger partial charge in [0.25, 0.3) is 5.91 Å². The molecule has 0 saturated heterocycles. The number of hydrogen-bond donors (Lipinski definition) is 2. The number of halogens is 1. The van der Waals surface area contributed by atoms with Crippen molar-refractivity contribution in [3.05, 3.63) is 60.2 Å². The van der Waals surface area contributed by atoms with Gasteiger partial charge in [-0.05, 0) is 36.8 Å². The van der Waals surface area contributed by atoms with Crippen molar-refractivity contribution >= 4 is 29.9 Å². The Kier molecular flexibility index (Phi) is 7.61. The molecule has 2 aromatic carbocycles. The van der Waals surface area contributed by atoms with Crippen LogP contribution in [0, 0.1) is 0 Å². The summed E-state index contributed by atoms with van der Waals surface area (Å²) < 4.78 is 5.40. The highest BCUT2D eigenvalue weighted by Crippen LogP contribution is 2.21. The summed E-state index contributed by atoms with van der Waals surface area (Å²) in [5, 5.41) is 2.80. The molecule has 2 rings (SSSR count). The van der Waals surface area contributed by atoms with E-state index < -0.39 is 5.54 Å². The number of nitrogens with zero attached hydrogens (tertiary/aromatic N) is 1. The van der Waals surface area contributed by atoms with Gasteiger partial charge in [-0.15, -0.1) is 12.4 Å². The van der Waals surface area contributed by atoms with Crippen LogP contribution in [-0.2, 0) is 15.1 Å². The number of nitrogens with one attached hydrogen (secondary N) is 1. The second-order valence-corrected chi connectivity index (χ2v) is 6.12. The lowest BCUT2D eigenvalue weighted by atomic mass is 9.92. The van der Waals surface area contributed by atoms with E-state index in [1.807, 2.05) is 30.3 Å². The summed E-state index contributed by atoms with van der Waals surface area (Å²) in [6.07, 6.45) is 0. The molecule has 0 aliphatic heterocycles. The van der Waals surface area contributed by atoms with E-state index in [0.717, 1.165) is 5.56 Å². The van der Waals surface area contributed by atoms with Crippen molar-refractivity contribution in [1.29, 1.82) is 0 Å². The number of nitrogens with two attached hydrogens (primary N) is 1. The summed E-state index contributed by atoms with van der Waals surface area (Å²) in [5.74, 6) is 0.112. The molecule has 6 nitrogen and oxygen atoms in total. The van der Waals surface area contributed by atoms with Gasteiger partial charge in [-0.25, -0.2) is 0 Å². The van der Waals surface area contributed by atoms with Crippen LogP contribution >= 0.6 is 12.4 Å². The molecule has 0 spiro atoms. The minimum absolute atomic E-state index is 0. The van der Waals surface area contributed by atoms with Crippen LogP contribution in [0.1, 0.15) is 12.5 Å². The molecule has 140 valence electrons. The normalized spacial score (nSPS) is 12.3. The molecule has 0 aromatic heterocycles. The van der Waals surface area contributed by atoms with Crippen molar-refractivity contribution in [3.8, 4) is 5.75 Å². The maximum atomic E-state index is 12.5. The van der Waals surface area contributed by atoms with Crippen LogP contribution in [0.3, 0.4) is 0 Å². The molecule has 7 heteroatoms. The first-order valence-corrected chi connectivity index (χ1v) is 7.89. The molecular weight excluding hydrogens is 354 g/mol. The molecule has 1 unspecified atom stereocenters. The highest BCUT2D eigenvalue weighted by molar-refractivity contribution is 5.98. The summed E-state index contributed by atoms with van der Waals surface area (Å²) >= 11 is 0. The van der Waals surface area contributed by atoms with E-state index in [0.29, 0.717) is 11.4 Å². The van der Waals surface area contributed by atoms with Gasteiger partial charge < -0.3 is 20.7 Å². The van der Waals surface area contributed by atoms with E-state index in [4.69, 9.17) is 10.5 Å². The average Bonchev–Trinajstić information content (AvgIpc) is 2.61. The maximum Gasteiger partial charge on any atom is 0.259 e. The van der Waals surface area contributed by atoms with Crippen LogP contribution in [0.2, 0.25) is 0 Å². The monoisotopic (exact) mass is 377 g/mol. The predicted octanol–water partition coefficient (Wildman–Crippen LogP) is 2.39. The molecule has 2 amide bonds. The lowest BCUT2D eigenvalue weighted by Crippen LogP contribution is -2.45. The zero-order valence-electron chi connectivity index (χ0n) is 15.1. The summed E-state index contributed by atoms with van der Waals surface area (Å²) in [6.45, 7) is 1.63. The van der Waals surface area contributed by atoms with E-state index in [-0.39, 0.29) is 30.8 Å². The number of anilines is 1. The molecular formula is C19H24ClN3O3. The molecule has 0 heterocycles. The lowest BCUT2D eigenvalue weighted by molar-refractivity contribution is -0.130. The van der Waals surface area contributed by atoms with E-state index in [1.54, 1.807) is 45.3 Å². The lowest BCUT2D eigenvalue weighted by Gasteiger charge is -2.24. The highest BCUT2D eigenvalue weighted by Gasteiger charge is 2.30. The van der Waals surface area contributed by atoms with Crippen molar-refractivity contribution in [1.82, 2.24) is 4.90 Å². The molecule has 26 heavy (non-hydrogen) atoms. The summed E-state index contributed by atoms with van der Waals surface area (Å²) in [7, 11) is 3.34. The van der Waals surface area contributed by atoms with Gasteiger partial charge in [0, 0.05) is 19.8 Å². The molecule has 2 aromatic rings. The second kappa shape index (κ2) is 9.22. The Morgan fingerprint density at radius 3 is 2.19 bits per heavy atom. The fraction of sp³-hybridized carbons (Fsp3) is 0.263. The first-order valence-electron chi connectivity index (χ1n) is 7.89. The third kappa shape index (κ3) is 5.47. The smallest absolute Gasteiger partial charge is 0.259 e.